The summed E-state index contributed by atoms with van der Waals surface area (Å²) in [5.41, 5.74) is 0. The molecule has 0 aliphatic rings. The highest BCUT2D eigenvalue weighted by Gasteiger charge is 2.30. The van der Waals surface area contributed by atoms with Crippen LogP contribution in [0.3, 0.4) is 0 Å². The van der Waals surface area contributed by atoms with Gasteiger partial charge in [0.15, 0.2) is 6.39 Å². The molecule has 0 aliphatic carbocycles. The molecule has 0 N–H and O–H groups in total. The van der Waals surface area contributed by atoms with Gasteiger partial charge in [-0.15, -0.1) is 0 Å². The van der Waals surface area contributed by atoms with Crippen LogP contribution in [0.2, 0.25) is 0 Å². The summed E-state index contributed by atoms with van der Waals surface area (Å²) in [6, 6.07) is 7.68. The molecule has 0 bridgehead atoms. The number of nitrogens with zero attached hydrogens (tertiary/aromatic N) is 1. The average Bonchev–Trinajstić information content (AvgIpc) is 2.90. The van der Waals surface area contributed by atoms with Crippen LogP contribution in [0.1, 0.15) is 17.5 Å². The van der Waals surface area contributed by atoms with E-state index in [1.807, 2.05) is 0 Å². The Balaban J connectivity index is 2.49. The SMILES string of the molecule is CCOC(=O)c1ocnc1S(=O)(=O)c1ccccc1. The molecule has 1 heterocycles. The molecule has 2 aromatic rings. The molecule has 0 radical (unpaired) electrons. The van der Waals surface area contributed by atoms with E-state index in [1.54, 1.807) is 25.1 Å². The first kappa shape index (κ1) is 13.3. The summed E-state index contributed by atoms with van der Waals surface area (Å²) >= 11 is 0. The minimum absolute atomic E-state index is 0.0365. The minimum Gasteiger partial charge on any atom is -0.460 e. The Hall–Kier alpha value is -2.15. The van der Waals surface area contributed by atoms with Crippen LogP contribution in [-0.2, 0) is 14.6 Å². The third-order valence-corrected chi connectivity index (χ3v) is 4.00. The summed E-state index contributed by atoms with van der Waals surface area (Å²) in [5, 5.41) is -0.433. The van der Waals surface area contributed by atoms with Crippen molar-refractivity contribution in [2.45, 2.75) is 16.8 Å². The second-order valence-electron chi connectivity index (χ2n) is 3.52. The van der Waals surface area contributed by atoms with Crippen molar-refractivity contribution in [3.8, 4) is 0 Å². The van der Waals surface area contributed by atoms with Gasteiger partial charge in [-0.25, -0.2) is 18.2 Å². The summed E-state index contributed by atoms with van der Waals surface area (Å²) in [4.78, 5) is 15.2. The van der Waals surface area contributed by atoms with E-state index >= 15 is 0 Å². The van der Waals surface area contributed by atoms with E-state index in [1.165, 1.54) is 12.1 Å². The van der Waals surface area contributed by atoms with Gasteiger partial charge < -0.3 is 9.15 Å². The maximum absolute atomic E-state index is 12.3. The van der Waals surface area contributed by atoms with Gasteiger partial charge in [-0.05, 0) is 19.1 Å². The summed E-state index contributed by atoms with van der Waals surface area (Å²) in [6.07, 6.45) is 0.905. The molecule has 0 saturated carbocycles. The topological polar surface area (TPSA) is 86.5 Å². The molecule has 1 aromatic carbocycles. The molecule has 1 aromatic heterocycles. The lowest BCUT2D eigenvalue weighted by Gasteiger charge is -2.03. The van der Waals surface area contributed by atoms with Crippen molar-refractivity contribution in [2.24, 2.45) is 0 Å². The van der Waals surface area contributed by atoms with Gasteiger partial charge in [-0.2, -0.15) is 0 Å². The molecule has 19 heavy (non-hydrogen) atoms. The van der Waals surface area contributed by atoms with Crippen molar-refractivity contribution >= 4 is 15.8 Å². The molecule has 2 rings (SSSR count). The van der Waals surface area contributed by atoms with Crippen molar-refractivity contribution in [3.05, 3.63) is 42.5 Å². The average molecular weight is 281 g/mol. The Morgan fingerprint density at radius 2 is 2.00 bits per heavy atom. The first-order valence-corrected chi connectivity index (χ1v) is 6.96. The summed E-state index contributed by atoms with van der Waals surface area (Å²) < 4.78 is 34.1. The molecule has 0 fully saturated rings. The second kappa shape index (κ2) is 5.23. The minimum atomic E-state index is -3.90. The Morgan fingerprint density at radius 3 is 2.63 bits per heavy atom. The van der Waals surface area contributed by atoms with Gasteiger partial charge in [-0.1, -0.05) is 18.2 Å². The number of esters is 1. The van der Waals surface area contributed by atoms with E-state index in [4.69, 9.17) is 9.15 Å². The maximum atomic E-state index is 12.3. The molecular formula is C12H11NO5S. The van der Waals surface area contributed by atoms with Crippen LogP contribution in [0.5, 0.6) is 0 Å². The van der Waals surface area contributed by atoms with Crippen LogP contribution >= 0.6 is 0 Å². The van der Waals surface area contributed by atoms with Crippen molar-refractivity contribution in [2.75, 3.05) is 6.61 Å². The van der Waals surface area contributed by atoms with Gasteiger partial charge in [0.25, 0.3) is 5.76 Å². The number of carbonyl (C=O) groups is 1. The van der Waals surface area contributed by atoms with E-state index in [-0.39, 0.29) is 11.5 Å². The van der Waals surface area contributed by atoms with Crippen LogP contribution in [0.25, 0.3) is 0 Å². The van der Waals surface area contributed by atoms with Crippen molar-refractivity contribution in [3.63, 3.8) is 0 Å². The monoisotopic (exact) mass is 281 g/mol. The molecule has 0 spiro atoms. The van der Waals surface area contributed by atoms with Gasteiger partial charge in [0.2, 0.25) is 14.9 Å². The lowest BCUT2D eigenvalue weighted by atomic mass is 10.4. The molecule has 0 amide bonds. The molecule has 0 atom stereocenters. The predicted octanol–water partition coefficient (Wildman–Crippen LogP) is 1.68. The molecule has 100 valence electrons. The largest absolute Gasteiger partial charge is 0.460 e. The quantitative estimate of drug-likeness (QED) is 0.792. The summed E-state index contributed by atoms with van der Waals surface area (Å²) in [6.45, 7) is 1.73. The fraction of sp³-hybridized carbons (Fsp3) is 0.167. The van der Waals surface area contributed by atoms with E-state index in [0.717, 1.165) is 6.39 Å². The van der Waals surface area contributed by atoms with Crippen molar-refractivity contribution in [1.29, 1.82) is 0 Å². The number of ether oxygens (including phenoxy) is 1. The molecule has 0 unspecified atom stereocenters. The number of sulfone groups is 1. The van der Waals surface area contributed by atoms with Crippen LogP contribution < -0.4 is 0 Å². The highest BCUT2D eigenvalue weighted by atomic mass is 32.2. The van der Waals surface area contributed by atoms with Gasteiger partial charge in [0, 0.05) is 0 Å². The summed E-state index contributed by atoms with van der Waals surface area (Å²) in [7, 11) is -3.90. The lowest BCUT2D eigenvalue weighted by molar-refractivity contribution is 0.0484. The van der Waals surface area contributed by atoms with E-state index in [2.05, 4.69) is 4.98 Å². The van der Waals surface area contributed by atoms with Crippen LogP contribution in [0.15, 0.2) is 51.1 Å². The van der Waals surface area contributed by atoms with E-state index in [0.29, 0.717) is 0 Å². The zero-order valence-electron chi connectivity index (χ0n) is 10.1. The standard InChI is InChI=1S/C12H11NO5S/c1-2-17-12(14)10-11(13-8-18-10)19(15,16)9-6-4-3-5-7-9/h3-8H,2H2,1H3. The number of benzene rings is 1. The van der Waals surface area contributed by atoms with Gasteiger partial charge in [-0.3, -0.25) is 0 Å². The lowest BCUT2D eigenvalue weighted by Crippen LogP contribution is -2.11. The highest BCUT2D eigenvalue weighted by Crippen LogP contribution is 2.23. The third-order valence-electron chi connectivity index (χ3n) is 2.30. The number of carbonyl (C=O) groups excluding carboxylic acids is 1. The molecule has 0 saturated heterocycles. The van der Waals surface area contributed by atoms with Gasteiger partial charge >= 0.3 is 5.97 Å². The van der Waals surface area contributed by atoms with E-state index < -0.39 is 26.6 Å². The highest BCUT2D eigenvalue weighted by molar-refractivity contribution is 7.91. The number of rotatable bonds is 4. The summed E-state index contributed by atoms with van der Waals surface area (Å²) in [5.74, 6) is -1.26. The zero-order valence-corrected chi connectivity index (χ0v) is 10.9. The predicted molar refractivity (Wildman–Crippen MR) is 64.4 cm³/mol. The fourth-order valence-electron chi connectivity index (χ4n) is 1.47. The van der Waals surface area contributed by atoms with Crippen LogP contribution in [0.4, 0.5) is 0 Å². The number of hydrogen-bond acceptors (Lipinski definition) is 6. The van der Waals surface area contributed by atoms with Crippen molar-refractivity contribution < 1.29 is 22.4 Å². The van der Waals surface area contributed by atoms with Gasteiger partial charge in [0.1, 0.15) is 0 Å². The molecule has 7 heteroatoms. The smallest absolute Gasteiger partial charge is 0.377 e. The molecule has 0 aliphatic heterocycles. The van der Waals surface area contributed by atoms with E-state index in [9.17, 15) is 13.2 Å². The molecule has 6 nitrogen and oxygen atoms in total. The number of aromatic nitrogens is 1. The Labute approximate surface area is 109 Å². The number of oxazole rings is 1. The zero-order chi connectivity index (χ0) is 13.9. The second-order valence-corrected chi connectivity index (χ2v) is 5.39. The Bertz CT molecular complexity index is 675. The fourth-order valence-corrected chi connectivity index (χ4v) is 2.77. The molecular weight excluding hydrogens is 270 g/mol. The van der Waals surface area contributed by atoms with Crippen molar-refractivity contribution in [1.82, 2.24) is 4.98 Å². The van der Waals surface area contributed by atoms with Crippen LogP contribution in [0, 0.1) is 0 Å². The first-order chi connectivity index (χ1) is 9.07. The normalized spacial score (nSPS) is 11.2. The van der Waals surface area contributed by atoms with Crippen LogP contribution in [-0.4, -0.2) is 26.0 Å². The maximum Gasteiger partial charge on any atom is 0.377 e. The first-order valence-electron chi connectivity index (χ1n) is 5.48. The Kier molecular flexibility index (Phi) is 3.66. The third kappa shape index (κ3) is 2.50. The Morgan fingerprint density at radius 1 is 1.32 bits per heavy atom. The van der Waals surface area contributed by atoms with Gasteiger partial charge in [0.05, 0.1) is 11.5 Å². The number of hydrogen-bond donors (Lipinski definition) is 0.